The summed E-state index contributed by atoms with van der Waals surface area (Å²) in [5.74, 6) is -0.896. The van der Waals surface area contributed by atoms with E-state index in [0.717, 1.165) is 4.90 Å². The minimum absolute atomic E-state index is 0.118. The highest BCUT2D eigenvalue weighted by Crippen LogP contribution is 2.17. The van der Waals surface area contributed by atoms with Crippen molar-refractivity contribution in [2.45, 2.75) is 39.7 Å². The zero-order valence-electron chi connectivity index (χ0n) is 10.1. The monoisotopic (exact) mass is 227 g/mol. The van der Waals surface area contributed by atoms with Crippen LogP contribution in [0.15, 0.2) is 0 Å². The summed E-state index contributed by atoms with van der Waals surface area (Å²) < 4.78 is 5.09. The molecule has 0 spiro atoms. The number of rotatable bonds is 0. The lowest BCUT2D eigenvalue weighted by Crippen LogP contribution is -2.48. The van der Waals surface area contributed by atoms with Gasteiger partial charge in [-0.2, -0.15) is 0 Å². The molecule has 1 heterocycles. The second-order valence-corrected chi connectivity index (χ2v) is 5.03. The van der Waals surface area contributed by atoms with E-state index in [2.05, 4.69) is 0 Å². The van der Waals surface area contributed by atoms with Gasteiger partial charge in [-0.3, -0.25) is 9.59 Å². The molecule has 1 fully saturated rings. The largest absolute Gasteiger partial charge is 0.443 e. The van der Waals surface area contributed by atoms with Gasteiger partial charge in [-0.25, -0.2) is 9.69 Å². The SMILES string of the molecule is C[C@@H]1CN(C(=O)OC(C)(C)C)C(=O)CC1=O. The molecule has 0 radical (unpaired) electrons. The van der Waals surface area contributed by atoms with Crippen molar-refractivity contribution < 1.29 is 19.1 Å². The number of ether oxygens (including phenoxy) is 1. The van der Waals surface area contributed by atoms with Gasteiger partial charge in [0.15, 0.2) is 0 Å². The van der Waals surface area contributed by atoms with Crippen LogP contribution in [0.1, 0.15) is 34.1 Å². The lowest BCUT2D eigenvalue weighted by molar-refractivity contribution is -0.141. The molecule has 16 heavy (non-hydrogen) atoms. The summed E-state index contributed by atoms with van der Waals surface area (Å²) in [6.45, 7) is 7.01. The normalized spacial score (nSPS) is 22.2. The second kappa shape index (κ2) is 4.23. The maximum absolute atomic E-state index is 11.6. The van der Waals surface area contributed by atoms with Crippen molar-refractivity contribution in [2.24, 2.45) is 5.92 Å². The highest BCUT2D eigenvalue weighted by molar-refractivity contribution is 6.06. The second-order valence-electron chi connectivity index (χ2n) is 5.03. The van der Waals surface area contributed by atoms with Crippen molar-refractivity contribution >= 4 is 17.8 Å². The maximum Gasteiger partial charge on any atom is 0.417 e. The first-order valence-electron chi connectivity index (χ1n) is 5.27. The first kappa shape index (κ1) is 12.7. The lowest BCUT2D eigenvalue weighted by Gasteiger charge is -2.30. The molecule has 0 bridgehead atoms. The number of hydrogen-bond donors (Lipinski definition) is 0. The number of amides is 2. The van der Waals surface area contributed by atoms with Crippen LogP contribution in [-0.2, 0) is 14.3 Å². The number of Topliss-reactive ketones (excluding diaryl/α,β-unsaturated/α-hetero) is 1. The van der Waals surface area contributed by atoms with Crippen LogP contribution in [0.3, 0.4) is 0 Å². The third-order valence-corrected chi connectivity index (χ3v) is 2.25. The van der Waals surface area contributed by atoms with Gasteiger partial charge in [0.2, 0.25) is 5.91 Å². The average Bonchev–Trinajstić information content (AvgIpc) is 2.08. The fourth-order valence-electron chi connectivity index (χ4n) is 1.39. The highest BCUT2D eigenvalue weighted by Gasteiger charge is 2.35. The van der Waals surface area contributed by atoms with E-state index in [4.69, 9.17) is 4.74 Å². The number of nitrogens with zero attached hydrogens (tertiary/aromatic N) is 1. The summed E-state index contributed by atoms with van der Waals surface area (Å²) in [6, 6.07) is 0. The van der Waals surface area contributed by atoms with Crippen LogP contribution in [0.25, 0.3) is 0 Å². The topological polar surface area (TPSA) is 63.7 Å². The van der Waals surface area contributed by atoms with Crippen molar-refractivity contribution in [1.29, 1.82) is 0 Å². The van der Waals surface area contributed by atoms with Crippen molar-refractivity contribution in [3.8, 4) is 0 Å². The minimum atomic E-state index is -0.670. The van der Waals surface area contributed by atoms with E-state index in [1.807, 2.05) is 0 Å². The molecule has 0 aliphatic carbocycles. The molecular weight excluding hydrogens is 210 g/mol. The molecule has 0 aromatic heterocycles. The Morgan fingerprint density at radius 3 is 2.44 bits per heavy atom. The van der Waals surface area contributed by atoms with Gasteiger partial charge in [-0.15, -0.1) is 0 Å². The highest BCUT2D eigenvalue weighted by atomic mass is 16.6. The van der Waals surface area contributed by atoms with Gasteiger partial charge >= 0.3 is 6.09 Å². The van der Waals surface area contributed by atoms with Crippen LogP contribution in [-0.4, -0.2) is 34.8 Å². The van der Waals surface area contributed by atoms with Crippen LogP contribution in [0, 0.1) is 5.92 Å². The molecule has 1 aliphatic heterocycles. The van der Waals surface area contributed by atoms with Crippen LogP contribution in [0.4, 0.5) is 4.79 Å². The summed E-state index contributed by atoms with van der Waals surface area (Å²) in [5.41, 5.74) is -0.637. The summed E-state index contributed by atoms with van der Waals surface area (Å²) >= 11 is 0. The Morgan fingerprint density at radius 2 is 1.94 bits per heavy atom. The zero-order valence-corrected chi connectivity index (χ0v) is 10.1. The van der Waals surface area contributed by atoms with Gasteiger partial charge in [0.25, 0.3) is 0 Å². The van der Waals surface area contributed by atoms with Crippen LogP contribution < -0.4 is 0 Å². The average molecular weight is 227 g/mol. The van der Waals surface area contributed by atoms with Crippen molar-refractivity contribution in [3.05, 3.63) is 0 Å². The van der Waals surface area contributed by atoms with E-state index in [1.165, 1.54) is 0 Å². The quantitative estimate of drug-likeness (QED) is 0.586. The van der Waals surface area contributed by atoms with E-state index in [0.29, 0.717) is 0 Å². The Balaban J connectivity index is 2.70. The van der Waals surface area contributed by atoms with E-state index >= 15 is 0 Å². The molecule has 1 aliphatic rings. The Hall–Kier alpha value is -1.39. The third kappa shape index (κ3) is 3.05. The minimum Gasteiger partial charge on any atom is -0.443 e. The molecule has 1 atom stereocenters. The van der Waals surface area contributed by atoms with Crippen LogP contribution in [0.5, 0.6) is 0 Å². The predicted octanol–water partition coefficient (Wildman–Crippen LogP) is 1.36. The smallest absolute Gasteiger partial charge is 0.417 e. The molecule has 5 heteroatoms. The summed E-state index contributed by atoms with van der Waals surface area (Å²) in [6.07, 6.45) is -0.878. The van der Waals surface area contributed by atoms with Crippen molar-refractivity contribution in [1.82, 2.24) is 4.90 Å². The molecule has 1 rings (SSSR count). The third-order valence-electron chi connectivity index (χ3n) is 2.25. The fourth-order valence-corrected chi connectivity index (χ4v) is 1.39. The van der Waals surface area contributed by atoms with Crippen molar-refractivity contribution in [2.75, 3.05) is 6.54 Å². The van der Waals surface area contributed by atoms with Crippen molar-refractivity contribution in [3.63, 3.8) is 0 Å². The number of carbonyl (C=O) groups excluding carboxylic acids is 3. The molecule has 0 saturated carbocycles. The Bertz CT molecular complexity index is 329. The van der Waals surface area contributed by atoms with E-state index in [1.54, 1.807) is 27.7 Å². The van der Waals surface area contributed by atoms with Crippen LogP contribution in [0.2, 0.25) is 0 Å². The molecule has 2 amide bonds. The zero-order chi connectivity index (χ0) is 12.5. The van der Waals surface area contributed by atoms with Gasteiger partial charge in [0.05, 0.1) is 6.42 Å². The molecule has 90 valence electrons. The van der Waals surface area contributed by atoms with E-state index < -0.39 is 17.6 Å². The first-order valence-corrected chi connectivity index (χ1v) is 5.27. The number of imide groups is 1. The van der Waals surface area contributed by atoms with Gasteiger partial charge in [-0.05, 0) is 20.8 Å². The maximum atomic E-state index is 11.6. The molecule has 1 saturated heterocycles. The molecule has 0 unspecified atom stereocenters. The molecular formula is C11H17NO4. The molecule has 0 N–H and O–H groups in total. The lowest BCUT2D eigenvalue weighted by atomic mass is 9.98. The summed E-state index contributed by atoms with van der Waals surface area (Å²) in [4.78, 5) is 35.4. The number of piperidine rings is 1. The van der Waals surface area contributed by atoms with Gasteiger partial charge in [0.1, 0.15) is 11.4 Å². The summed E-state index contributed by atoms with van der Waals surface area (Å²) in [5, 5.41) is 0. The fraction of sp³-hybridized carbons (Fsp3) is 0.727. The van der Waals surface area contributed by atoms with Crippen LogP contribution >= 0.6 is 0 Å². The first-order chi connectivity index (χ1) is 7.20. The summed E-state index contributed by atoms with van der Waals surface area (Å²) in [7, 11) is 0. The number of hydrogen-bond acceptors (Lipinski definition) is 4. The number of carbonyl (C=O) groups is 3. The number of likely N-dealkylation sites (tertiary alicyclic amines) is 1. The Kier molecular flexibility index (Phi) is 3.35. The van der Waals surface area contributed by atoms with Gasteiger partial charge < -0.3 is 4.74 Å². The predicted molar refractivity (Wildman–Crippen MR) is 56.7 cm³/mol. The molecule has 0 aromatic rings. The van der Waals surface area contributed by atoms with E-state index in [-0.39, 0.29) is 24.7 Å². The van der Waals surface area contributed by atoms with E-state index in [9.17, 15) is 14.4 Å². The Morgan fingerprint density at radius 1 is 1.38 bits per heavy atom. The Labute approximate surface area is 94.7 Å². The molecule has 0 aromatic carbocycles. The van der Waals surface area contributed by atoms with Gasteiger partial charge in [-0.1, -0.05) is 6.92 Å². The standard InChI is InChI=1S/C11H17NO4/c1-7-6-12(9(14)5-8(7)13)10(15)16-11(2,3)4/h7H,5-6H2,1-4H3/t7-/m1/s1. The molecule has 5 nitrogen and oxygen atoms in total. The number of ketones is 1. The van der Waals surface area contributed by atoms with Gasteiger partial charge in [0, 0.05) is 12.5 Å².